The molecule has 0 radical (unpaired) electrons. The van der Waals surface area contributed by atoms with Crippen molar-refractivity contribution < 1.29 is 18.7 Å². The Balaban J connectivity index is 0.00000225. The molecule has 1 aromatic carbocycles. The highest BCUT2D eigenvalue weighted by molar-refractivity contribution is 5.92. The number of rotatable bonds is 7. The van der Waals surface area contributed by atoms with Crippen LogP contribution in [0.4, 0.5) is 10.1 Å². The van der Waals surface area contributed by atoms with Gasteiger partial charge in [-0.15, -0.1) is 12.4 Å². The molecule has 0 saturated carbocycles. The number of amides is 1. The Morgan fingerprint density at radius 3 is 2.68 bits per heavy atom. The monoisotopic (exact) mass is 372 g/mol. The molecule has 2 unspecified atom stereocenters. The molecule has 1 aromatic rings. The van der Waals surface area contributed by atoms with Crippen molar-refractivity contribution in [2.45, 2.75) is 44.2 Å². The van der Waals surface area contributed by atoms with Gasteiger partial charge >= 0.3 is 0 Å². The van der Waals surface area contributed by atoms with Gasteiger partial charge in [0, 0.05) is 31.7 Å². The van der Waals surface area contributed by atoms with Crippen molar-refractivity contribution in [3.63, 3.8) is 0 Å². The predicted octanol–water partition coefficient (Wildman–Crippen LogP) is 3.13. The van der Waals surface area contributed by atoms with Gasteiger partial charge in [0.05, 0.1) is 12.3 Å². The lowest BCUT2D eigenvalue weighted by Gasteiger charge is -2.28. The first-order valence-corrected chi connectivity index (χ1v) is 8.61. The fourth-order valence-electron chi connectivity index (χ4n) is 3.77. The molecule has 140 valence electrons. The van der Waals surface area contributed by atoms with Gasteiger partial charge in [0.25, 0.3) is 0 Å². The second kappa shape index (κ2) is 9.36. The lowest BCUT2D eigenvalue weighted by molar-refractivity contribution is -0.117. The topological polar surface area (TPSA) is 59.6 Å². The van der Waals surface area contributed by atoms with Crippen molar-refractivity contribution >= 4 is 24.0 Å². The largest absolute Gasteiger partial charge is 0.489 e. The summed E-state index contributed by atoms with van der Waals surface area (Å²) in [5.41, 5.74) is 0.382. The van der Waals surface area contributed by atoms with Crippen LogP contribution >= 0.6 is 12.4 Å². The Kier molecular flexibility index (Phi) is 7.47. The van der Waals surface area contributed by atoms with Gasteiger partial charge in [0.1, 0.15) is 18.2 Å². The Bertz CT molecular complexity index is 575. The SMILES string of the molecule is COCCOc1ccc(F)cc1NC(=O)CC1CC2CCC(C1)N2.Cl. The van der Waals surface area contributed by atoms with E-state index in [4.69, 9.17) is 9.47 Å². The molecule has 25 heavy (non-hydrogen) atoms. The number of piperidine rings is 1. The van der Waals surface area contributed by atoms with Crippen LogP contribution in [0.5, 0.6) is 5.75 Å². The second-order valence-electron chi connectivity index (χ2n) is 6.71. The predicted molar refractivity (Wildman–Crippen MR) is 96.9 cm³/mol. The van der Waals surface area contributed by atoms with Gasteiger partial charge in [0.2, 0.25) is 5.91 Å². The number of hydrogen-bond acceptors (Lipinski definition) is 4. The molecule has 2 atom stereocenters. The molecule has 2 bridgehead atoms. The fourth-order valence-corrected chi connectivity index (χ4v) is 3.77. The van der Waals surface area contributed by atoms with E-state index in [1.54, 1.807) is 7.11 Å². The van der Waals surface area contributed by atoms with Crippen molar-refractivity contribution in [3.05, 3.63) is 24.0 Å². The molecule has 0 aliphatic carbocycles. The summed E-state index contributed by atoms with van der Waals surface area (Å²) >= 11 is 0. The third kappa shape index (κ3) is 5.56. The number of ether oxygens (including phenoxy) is 2. The molecule has 2 heterocycles. The normalized spacial score (nSPS) is 24.5. The third-order valence-electron chi connectivity index (χ3n) is 4.81. The summed E-state index contributed by atoms with van der Waals surface area (Å²) in [4.78, 5) is 12.4. The Hall–Kier alpha value is -1.37. The summed E-state index contributed by atoms with van der Waals surface area (Å²) in [7, 11) is 1.59. The van der Waals surface area contributed by atoms with Crippen LogP contribution in [0.2, 0.25) is 0 Å². The summed E-state index contributed by atoms with van der Waals surface area (Å²) in [5.74, 6) is 0.384. The van der Waals surface area contributed by atoms with Gasteiger partial charge in [0.15, 0.2) is 0 Å². The van der Waals surface area contributed by atoms with E-state index < -0.39 is 5.82 Å². The first-order valence-electron chi connectivity index (χ1n) is 8.61. The average molecular weight is 373 g/mol. The number of carbonyl (C=O) groups excluding carboxylic acids is 1. The van der Waals surface area contributed by atoms with Crippen LogP contribution in [-0.2, 0) is 9.53 Å². The maximum Gasteiger partial charge on any atom is 0.224 e. The quantitative estimate of drug-likeness (QED) is 0.722. The zero-order valence-electron chi connectivity index (χ0n) is 14.4. The highest BCUT2D eigenvalue weighted by Gasteiger charge is 2.34. The maximum absolute atomic E-state index is 13.5. The van der Waals surface area contributed by atoms with Crippen molar-refractivity contribution in [1.29, 1.82) is 0 Å². The number of nitrogens with one attached hydrogen (secondary N) is 2. The maximum atomic E-state index is 13.5. The number of carbonyl (C=O) groups is 1. The zero-order chi connectivity index (χ0) is 16.9. The number of hydrogen-bond donors (Lipinski definition) is 2. The van der Waals surface area contributed by atoms with E-state index in [9.17, 15) is 9.18 Å². The summed E-state index contributed by atoms with van der Waals surface area (Å²) < 4.78 is 24.0. The van der Waals surface area contributed by atoms with E-state index >= 15 is 0 Å². The molecular weight excluding hydrogens is 347 g/mol. The van der Waals surface area contributed by atoms with Crippen molar-refractivity contribution in [2.75, 3.05) is 25.6 Å². The lowest BCUT2D eigenvalue weighted by Crippen LogP contribution is -2.39. The molecule has 5 nitrogen and oxygen atoms in total. The highest BCUT2D eigenvalue weighted by atomic mass is 35.5. The van der Waals surface area contributed by atoms with Gasteiger partial charge < -0.3 is 20.1 Å². The summed E-state index contributed by atoms with van der Waals surface area (Å²) in [6.07, 6.45) is 4.99. The number of fused-ring (bicyclic) bond motifs is 2. The van der Waals surface area contributed by atoms with Crippen molar-refractivity contribution in [3.8, 4) is 5.75 Å². The first-order chi connectivity index (χ1) is 11.6. The standard InChI is InChI=1S/C18H25FN2O3.ClH/c1-23-6-7-24-17-5-2-13(19)11-16(17)21-18(22)10-12-8-14-3-4-15(9-12)20-14;/h2,5,11-12,14-15,20H,3-4,6-10H2,1H3,(H,21,22);1H. The zero-order valence-corrected chi connectivity index (χ0v) is 15.2. The van der Waals surface area contributed by atoms with Crippen LogP contribution in [0, 0.1) is 11.7 Å². The molecule has 2 aliphatic rings. The third-order valence-corrected chi connectivity index (χ3v) is 4.81. The Morgan fingerprint density at radius 2 is 2.00 bits per heavy atom. The van der Waals surface area contributed by atoms with Gasteiger partial charge in [-0.1, -0.05) is 0 Å². The van der Waals surface area contributed by atoms with Crippen molar-refractivity contribution in [2.24, 2.45) is 5.92 Å². The van der Waals surface area contributed by atoms with E-state index in [-0.39, 0.29) is 18.3 Å². The number of benzene rings is 1. The average Bonchev–Trinajstić information content (AvgIpc) is 2.88. The summed E-state index contributed by atoms with van der Waals surface area (Å²) in [6.45, 7) is 0.783. The molecule has 1 amide bonds. The molecular formula is C18H26ClFN2O3. The summed E-state index contributed by atoms with van der Waals surface area (Å²) in [6, 6.07) is 5.27. The second-order valence-corrected chi connectivity index (χ2v) is 6.71. The highest BCUT2D eigenvalue weighted by Crippen LogP contribution is 2.33. The van der Waals surface area contributed by atoms with Gasteiger partial charge in [-0.3, -0.25) is 4.79 Å². The summed E-state index contributed by atoms with van der Waals surface area (Å²) in [5, 5.41) is 6.39. The van der Waals surface area contributed by atoms with Crippen molar-refractivity contribution in [1.82, 2.24) is 5.32 Å². The molecule has 2 fully saturated rings. The molecule has 2 aliphatic heterocycles. The minimum atomic E-state index is -0.399. The lowest BCUT2D eigenvalue weighted by atomic mass is 9.89. The van der Waals surface area contributed by atoms with Crippen LogP contribution in [0.1, 0.15) is 32.1 Å². The minimum Gasteiger partial charge on any atom is -0.489 e. The van der Waals surface area contributed by atoms with E-state index in [1.165, 1.54) is 31.0 Å². The van der Waals surface area contributed by atoms with E-state index in [2.05, 4.69) is 10.6 Å². The Labute approximate surface area is 154 Å². The van der Waals surface area contributed by atoms with Crippen LogP contribution in [-0.4, -0.2) is 38.3 Å². The van der Waals surface area contributed by atoms with E-state index in [0.29, 0.717) is 49.1 Å². The molecule has 2 N–H and O–H groups in total. The molecule has 0 spiro atoms. The molecule has 0 aromatic heterocycles. The smallest absolute Gasteiger partial charge is 0.224 e. The fraction of sp³-hybridized carbons (Fsp3) is 0.611. The Morgan fingerprint density at radius 1 is 1.28 bits per heavy atom. The van der Waals surface area contributed by atoms with Gasteiger partial charge in [-0.05, 0) is 43.7 Å². The van der Waals surface area contributed by atoms with E-state index in [0.717, 1.165) is 12.8 Å². The molecule has 2 saturated heterocycles. The van der Waals surface area contributed by atoms with Gasteiger partial charge in [-0.25, -0.2) is 4.39 Å². The van der Waals surface area contributed by atoms with Crippen LogP contribution < -0.4 is 15.4 Å². The first kappa shape index (κ1) is 19.9. The van der Waals surface area contributed by atoms with Crippen LogP contribution in [0.25, 0.3) is 0 Å². The van der Waals surface area contributed by atoms with Gasteiger partial charge in [-0.2, -0.15) is 0 Å². The molecule has 3 rings (SSSR count). The van der Waals surface area contributed by atoms with Crippen LogP contribution in [0.3, 0.4) is 0 Å². The number of methoxy groups -OCH3 is 1. The minimum absolute atomic E-state index is 0. The number of anilines is 1. The van der Waals surface area contributed by atoms with Crippen LogP contribution in [0.15, 0.2) is 18.2 Å². The van der Waals surface area contributed by atoms with E-state index in [1.807, 2.05) is 0 Å². The molecule has 7 heteroatoms. The number of halogens is 2.